The molecule has 0 aliphatic carbocycles. The molecule has 1 heterocycles. The Morgan fingerprint density at radius 1 is 1.32 bits per heavy atom. The van der Waals surface area contributed by atoms with Crippen LogP contribution in [0.15, 0.2) is 34.8 Å². The largest absolute Gasteiger partial charge is 0.380 e. The first kappa shape index (κ1) is 14.1. The van der Waals surface area contributed by atoms with E-state index in [0.717, 1.165) is 16.7 Å². The van der Waals surface area contributed by atoms with E-state index < -0.39 is 0 Å². The highest BCUT2D eigenvalue weighted by molar-refractivity contribution is 9.10. The van der Waals surface area contributed by atoms with Crippen molar-refractivity contribution in [2.75, 3.05) is 12.4 Å². The Morgan fingerprint density at radius 3 is 2.53 bits per heavy atom. The molecule has 1 amide bonds. The molecule has 2 N–H and O–H groups in total. The van der Waals surface area contributed by atoms with Gasteiger partial charge in [0.15, 0.2) is 0 Å². The molecule has 0 atom stereocenters. The van der Waals surface area contributed by atoms with Crippen molar-refractivity contribution in [1.82, 2.24) is 5.32 Å². The molecule has 3 nitrogen and oxygen atoms in total. The molecule has 0 aliphatic rings. The van der Waals surface area contributed by atoms with E-state index in [4.69, 9.17) is 0 Å². The monoisotopic (exact) mass is 338 g/mol. The Labute approximate surface area is 125 Å². The summed E-state index contributed by atoms with van der Waals surface area (Å²) in [6, 6.07) is 9.60. The minimum Gasteiger partial charge on any atom is -0.380 e. The number of carbonyl (C=O) groups is 1. The van der Waals surface area contributed by atoms with E-state index in [9.17, 15) is 4.79 Å². The zero-order chi connectivity index (χ0) is 13.8. The molecule has 0 saturated carbocycles. The summed E-state index contributed by atoms with van der Waals surface area (Å²) in [6.45, 7) is 2.88. The summed E-state index contributed by atoms with van der Waals surface area (Å²) in [5.41, 5.74) is 1.68. The fourth-order valence-electron chi connectivity index (χ4n) is 1.68. The molecule has 0 radical (unpaired) electrons. The number of aryl methyl sites for hydroxylation is 1. The molecule has 0 bridgehead atoms. The van der Waals surface area contributed by atoms with Gasteiger partial charge in [0.25, 0.3) is 5.91 Å². The van der Waals surface area contributed by atoms with Crippen molar-refractivity contribution in [2.24, 2.45) is 0 Å². The van der Waals surface area contributed by atoms with Gasteiger partial charge in [0.1, 0.15) is 0 Å². The summed E-state index contributed by atoms with van der Waals surface area (Å²) in [4.78, 5) is 14.0. The molecule has 0 saturated heterocycles. The van der Waals surface area contributed by atoms with E-state index in [0.29, 0.717) is 5.56 Å². The van der Waals surface area contributed by atoms with Gasteiger partial charge in [-0.15, -0.1) is 11.3 Å². The van der Waals surface area contributed by atoms with Crippen LogP contribution < -0.4 is 10.6 Å². The van der Waals surface area contributed by atoms with Crippen LogP contribution in [-0.2, 0) is 6.54 Å². The Balaban J connectivity index is 1.98. The van der Waals surface area contributed by atoms with Crippen LogP contribution in [0, 0.1) is 6.92 Å². The lowest BCUT2D eigenvalue weighted by molar-refractivity contribution is 0.0963. The highest BCUT2D eigenvalue weighted by Crippen LogP contribution is 2.26. The van der Waals surface area contributed by atoms with Crippen molar-refractivity contribution in [3.8, 4) is 0 Å². The van der Waals surface area contributed by atoms with Crippen LogP contribution in [0.3, 0.4) is 0 Å². The molecule has 2 rings (SSSR count). The lowest BCUT2D eigenvalue weighted by atomic mass is 10.2. The summed E-state index contributed by atoms with van der Waals surface area (Å²) in [5, 5.41) is 5.95. The van der Waals surface area contributed by atoms with Gasteiger partial charge in [-0.05, 0) is 53.2 Å². The maximum Gasteiger partial charge on any atom is 0.251 e. The van der Waals surface area contributed by atoms with Gasteiger partial charge in [-0.25, -0.2) is 0 Å². The fraction of sp³-hybridized carbons (Fsp3) is 0.214. The maximum absolute atomic E-state index is 11.4. The van der Waals surface area contributed by atoms with Gasteiger partial charge in [-0.1, -0.05) is 0 Å². The Bertz CT molecular complexity index is 558. The number of carbonyl (C=O) groups excluding carboxylic acids is 1. The van der Waals surface area contributed by atoms with Gasteiger partial charge < -0.3 is 10.6 Å². The lowest BCUT2D eigenvalue weighted by Crippen LogP contribution is -2.17. The van der Waals surface area contributed by atoms with Crippen molar-refractivity contribution in [1.29, 1.82) is 0 Å². The number of hydrogen-bond donors (Lipinski definition) is 2. The third kappa shape index (κ3) is 3.58. The summed E-state index contributed by atoms with van der Waals surface area (Å²) in [7, 11) is 1.63. The first-order chi connectivity index (χ1) is 9.10. The molecule has 19 heavy (non-hydrogen) atoms. The molecule has 1 aromatic carbocycles. The van der Waals surface area contributed by atoms with Crippen molar-refractivity contribution in [3.63, 3.8) is 0 Å². The Kier molecular flexibility index (Phi) is 4.61. The smallest absolute Gasteiger partial charge is 0.251 e. The van der Waals surface area contributed by atoms with Crippen molar-refractivity contribution < 1.29 is 4.79 Å². The minimum atomic E-state index is -0.0654. The average molecular weight is 339 g/mol. The number of rotatable bonds is 4. The molecule has 5 heteroatoms. The highest BCUT2D eigenvalue weighted by Gasteiger charge is 2.04. The normalized spacial score (nSPS) is 10.3. The third-order valence-electron chi connectivity index (χ3n) is 2.75. The number of amides is 1. The average Bonchev–Trinajstić information content (AvgIpc) is 2.75. The summed E-state index contributed by atoms with van der Waals surface area (Å²) in [6.07, 6.45) is 0. The van der Waals surface area contributed by atoms with Crippen LogP contribution in [0.25, 0.3) is 0 Å². The van der Waals surface area contributed by atoms with Crippen LogP contribution in [0.2, 0.25) is 0 Å². The molecule has 0 aliphatic heterocycles. The Morgan fingerprint density at radius 2 is 2.00 bits per heavy atom. The number of benzene rings is 1. The van der Waals surface area contributed by atoms with Gasteiger partial charge in [-0.2, -0.15) is 0 Å². The van der Waals surface area contributed by atoms with Crippen LogP contribution in [0.1, 0.15) is 20.1 Å². The van der Waals surface area contributed by atoms with Gasteiger partial charge in [0.05, 0.1) is 0 Å². The summed E-state index contributed by atoms with van der Waals surface area (Å²) < 4.78 is 1.16. The second kappa shape index (κ2) is 6.21. The van der Waals surface area contributed by atoms with E-state index in [1.807, 2.05) is 24.3 Å². The second-order valence-electron chi connectivity index (χ2n) is 4.13. The Hall–Kier alpha value is -1.33. The minimum absolute atomic E-state index is 0.0654. The number of hydrogen-bond acceptors (Lipinski definition) is 3. The molecular formula is C14H15BrN2OS. The SMILES string of the molecule is CNC(=O)c1ccc(NCc2cc(Br)c(C)s2)cc1. The summed E-state index contributed by atoms with van der Waals surface area (Å²) in [5.74, 6) is -0.0654. The molecule has 2 aromatic rings. The van der Waals surface area contributed by atoms with Crippen molar-refractivity contribution in [3.05, 3.63) is 50.1 Å². The van der Waals surface area contributed by atoms with Gasteiger partial charge in [-0.3, -0.25) is 4.79 Å². The van der Waals surface area contributed by atoms with Crippen LogP contribution >= 0.6 is 27.3 Å². The van der Waals surface area contributed by atoms with Gasteiger partial charge in [0.2, 0.25) is 0 Å². The van der Waals surface area contributed by atoms with Crippen molar-refractivity contribution >= 4 is 38.9 Å². The summed E-state index contributed by atoms with van der Waals surface area (Å²) >= 11 is 5.29. The number of anilines is 1. The standard InChI is InChI=1S/C14H15BrN2OS/c1-9-13(15)7-12(19-9)8-17-11-5-3-10(4-6-11)14(18)16-2/h3-7,17H,8H2,1-2H3,(H,16,18). The third-order valence-corrected chi connectivity index (χ3v) is 4.89. The van der Waals surface area contributed by atoms with E-state index in [2.05, 4.69) is 39.6 Å². The van der Waals surface area contributed by atoms with Crippen LogP contribution in [0.5, 0.6) is 0 Å². The molecule has 0 unspecified atom stereocenters. The topological polar surface area (TPSA) is 41.1 Å². The van der Waals surface area contributed by atoms with Crippen LogP contribution in [-0.4, -0.2) is 13.0 Å². The van der Waals surface area contributed by atoms with Crippen molar-refractivity contribution in [2.45, 2.75) is 13.5 Å². The molecule has 0 spiro atoms. The first-order valence-electron chi connectivity index (χ1n) is 5.91. The fourth-order valence-corrected chi connectivity index (χ4v) is 3.22. The first-order valence-corrected chi connectivity index (χ1v) is 7.52. The zero-order valence-electron chi connectivity index (χ0n) is 10.8. The number of nitrogens with one attached hydrogen (secondary N) is 2. The second-order valence-corrected chi connectivity index (χ2v) is 6.32. The van der Waals surface area contributed by atoms with E-state index in [1.165, 1.54) is 9.75 Å². The van der Waals surface area contributed by atoms with Crippen LogP contribution in [0.4, 0.5) is 5.69 Å². The highest BCUT2D eigenvalue weighted by atomic mass is 79.9. The zero-order valence-corrected chi connectivity index (χ0v) is 13.2. The lowest BCUT2D eigenvalue weighted by Gasteiger charge is -2.06. The molecular weight excluding hydrogens is 324 g/mol. The van der Waals surface area contributed by atoms with E-state index in [1.54, 1.807) is 18.4 Å². The quantitative estimate of drug-likeness (QED) is 0.890. The van der Waals surface area contributed by atoms with Gasteiger partial charge in [0, 0.05) is 39.1 Å². The predicted molar refractivity (Wildman–Crippen MR) is 83.9 cm³/mol. The number of thiophene rings is 1. The predicted octanol–water partition coefficient (Wildman–Crippen LogP) is 3.79. The number of halogens is 1. The van der Waals surface area contributed by atoms with Gasteiger partial charge >= 0.3 is 0 Å². The maximum atomic E-state index is 11.4. The van der Waals surface area contributed by atoms with E-state index in [-0.39, 0.29) is 5.91 Å². The molecule has 100 valence electrons. The molecule has 1 aromatic heterocycles. The molecule has 0 fully saturated rings. The van der Waals surface area contributed by atoms with E-state index >= 15 is 0 Å².